The number of hydrogen-bond acceptors (Lipinski definition) is 8. The van der Waals surface area contributed by atoms with Gasteiger partial charge in [0, 0.05) is 32.3 Å². The van der Waals surface area contributed by atoms with Crippen LogP contribution in [0.1, 0.15) is 136 Å². The lowest BCUT2D eigenvalue weighted by Crippen LogP contribution is -2.54. The normalized spacial score (nSPS) is 31.4. The maximum absolute atomic E-state index is 11.4. The van der Waals surface area contributed by atoms with Crippen LogP contribution in [0.25, 0.3) is 0 Å². The molecule has 236 valence electrons. The Balaban J connectivity index is 1.51. The van der Waals surface area contributed by atoms with E-state index in [0.29, 0.717) is 6.61 Å². The van der Waals surface area contributed by atoms with E-state index < -0.39 is 30.3 Å². The molecule has 3 rings (SSSR count). The molecule has 8 heteroatoms. The van der Waals surface area contributed by atoms with Crippen LogP contribution in [0.15, 0.2) is 0 Å². The van der Waals surface area contributed by atoms with Gasteiger partial charge in [-0.25, -0.2) is 0 Å². The van der Waals surface area contributed by atoms with E-state index in [1.54, 1.807) is 0 Å². The summed E-state index contributed by atoms with van der Waals surface area (Å²) in [6.45, 7) is 7.16. The van der Waals surface area contributed by atoms with E-state index in [2.05, 4.69) is 13.8 Å². The van der Waals surface area contributed by atoms with E-state index in [1.807, 2.05) is 9.96 Å². The average Bonchev–Trinajstić information content (AvgIpc) is 3.13. The molecule has 0 saturated carbocycles. The molecule has 0 aromatic carbocycles. The third-order valence-corrected chi connectivity index (χ3v) is 9.15. The van der Waals surface area contributed by atoms with Crippen molar-refractivity contribution in [1.82, 2.24) is 9.96 Å². The Kier molecular flexibility index (Phi) is 16.3. The molecule has 0 bridgehead atoms. The molecule has 0 spiro atoms. The lowest BCUT2D eigenvalue weighted by atomic mass is 10.00. The number of hydrogen-bond donors (Lipinski definition) is 3. The van der Waals surface area contributed by atoms with Gasteiger partial charge < -0.3 is 24.8 Å². The van der Waals surface area contributed by atoms with E-state index in [1.165, 1.54) is 57.8 Å². The van der Waals surface area contributed by atoms with Gasteiger partial charge in [-0.15, -0.1) is 0 Å². The zero-order valence-corrected chi connectivity index (χ0v) is 25.8. The van der Waals surface area contributed by atoms with Crippen LogP contribution in [0.5, 0.6) is 0 Å². The van der Waals surface area contributed by atoms with E-state index in [9.17, 15) is 15.3 Å². The minimum Gasteiger partial charge on any atom is -0.384 e. The molecule has 0 aromatic heterocycles. The number of likely N-dealkylation sites (tertiary alicyclic amines) is 1. The molecule has 8 nitrogen and oxygen atoms in total. The van der Waals surface area contributed by atoms with Crippen LogP contribution in [0.4, 0.5) is 0 Å². The highest BCUT2D eigenvalue weighted by atomic mass is 16.7. The molecule has 2 unspecified atom stereocenters. The first-order valence-electron chi connectivity index (χ1n) is 17.0. The maximum atomic E-state index is 11.4. The molecule has 40 heavy (non-hydrogen) atoms. The Morgan fingerprint density at radius 1 is 0.825 bits per heavy atom. The van der Waals surface area contributed by atoms with Gasteiger partial charge in [0.1, 0.15) is 31.1 Å². The molecule has 3 heterocycles. The van der Waals surface area contributed by atoms with Gasteiger partial charge in [-0.3, -0.25) is 9.74 Å². The van der Waals surface area contributed by atoms with Crippen molar-refractivity contribution in [2.75, 3.05) is 32.8 Å². The lowest BCUT2D eigenvalue weighted by molar-refractivity contribution is -0.268. The van der Waals surface area contributed by atoms with Crippen molar-refractivity contribution in [1.29, 1.82) is 0 Å². The highest BCUT2D eigenvalue weighted by Gasteiger charge is 2.58. The summed E-state index contributed by atoms with van der Waals surface area (Å²) in [5, 5.41) is 36.2. The van der Waals surface area contributed by atoms with Gasteiger partial charge in [0.2, 0.25) is 5.79 Å². The van der Waals surface area contributed by atoms with Crippen LogP contribution < -0.4 is 0 Å². The fourth-order valence-electron chi connectivity index (χ4n) is 6.64. The Labute approximate surface area is 244 Å². The van der Waals surface area contributed by atoms with Crippen molar-refractivity contribution >= 4 is 0 Å². The summed E-state index contributed by atoms with van der Waals surface area (Å²) in [5.74, 6) is -1.91. The highest BCUT2D eigenvalue weighted by molar-refractivity contribution is 4.99. The zero-order chi connectivity index (χ0) is 28.6. The Hall–Kier alpha value is -0.320. The van der Waals surface area contributed by atoms with Gasteiger partial charge in [-0.1, -0.05) is 97.3 Å². The van der Waals surface area contributed by atoms with E-state index in [0.717, 1.165) is 83.8 Å². The van der Waals surface area contributed by atoms with Gasteiger partial charge in [0.15, 0.2) is 0 Å². The second-order valence-electron chi connectivity index (χ2n) is 12.6. The SMILES string of the molecule is CCCCCCCCCCCCOC[C@@]1(O)O[C@@H](C(O)N2CCCCCC2)[C@@H](ON2CCCCC2CCC)[C@@H]1O. The topological polar surface area (TPSA) is 94.9 Å². The van der Waals surface area contributed by atoms with Crippen molar-refractivity contribution in [3.63, 3.8) is 0 Å². The summed E-state index contributed by atoms with van der Waals surface area (Å²) in [6.07, 6.45) is 18.2. The van der Waals surface area contributed by atoms with E-state index >= 15 is 0 Å². The van der Waals surface area contributed by atoms with Crippen molar-refractivity contribution in [3.8, 4) is 0 Å². The molecule has 3 N–H and O–H groups in total. The van der Waals surface area contributed by atoms with Gasteiger partial charge in [-0.2, -0.15) is 5.06 Å². The summed E-state index contributed by atoms with van der Waals surface area (Å²) in [4.78, 5) is 8.47. The van der Waals surface area contributed by atoms with Crippen molar-refractivity contribution < 1.29 is 29.6 Å². The summed E-state index contributed by atoms with van der Waals surface area (Å²) in [7, 11) is 0. The summed E-state index contributed by atoms with van der Waals surface area (Å²) in [6, 6.07) is 0.281. The third-order valence-electron chi connectivity index (χ3n) is 9.15. The minimum atomic E-state index is -1.91. The summed E-state index contributed by atoms with van der Waals surface area (Å²) >= 11 is 0. The highest BCUT2D eigenvalue weighted by Crippen LogP contribution is 2.36. The van der Waals surface area contributed by atoms with Crippen LogP contribution in [0, 0.1) is 0 Å². The van der Waals surface area contributed by atoms with Crippen molar-refractivity contribution in [3.05, 3.63) is 0 Å². The standard InChI is InChI=1S/C32H62N2O6/c1-3-5-6-7-8-9-10-11-14-19-25-38-26-32(37)30(35)28(40-34-24-18-15-21-27(34)20-4-2)29(39-32)31(36)33-22-16-12-13-17-23-33/h27-31,35-37H,3-26H2,1-2H3/t27?,28-,29-,30+,31?,32-/m1/s1. The largest absolute Gasteiger partial charge is 0.384 e. The monoisotopic (exact) mass is 570 g/mol. The van der Waals surface area contributed by atoms with Crippen LogP contribution in [0.2, 0.25) is 0 Å². The van der Waals surface area contributed by atoms with Gasteiger partial charge in [0.25, 0.3) is 0 Å². The molecule has 0 radical (unpaired) electrons. The number of nitrogens with zero attached hydrogens (tertiary/aromatic N) is 2. The first-order valence-corrected chi connectivity index (χ1v) is 17.0. The smallest absolute Gasteiger partial charge is 0.219 e. The molecule has 6 atom stereocenters. The minimum absolute atomic E-state index is 0.132. The molecule has 0 amide bonds. The first kappa shape index (κ1) is 34.2. The fourth-order valence-corrected chi connectivity index (χ4v) is 6.64. The molecule has 3 aliphatic heterocycles. The van der Waals surface area contributed by atoms with Crippen molar-refractivity contribution in [2.45, 2.75) is 172 Å². The number of aliphatic hydroxyl groups is 3. The number of aliphatic hydroxyl groups excluding tert-OH is 2. The number of piperidine rings is 1. The van der Waals surface area contributed by atoms with Gasteiger partial charge in [-0.05, 0) is 38.5 Å². The molecule has 3 aliphatic rings. The molecular formula is C32H62N2O6. The first-order chi connectivity index (χ1) is 19.5. The van der Waals surface area contributed by atoms with Gasteiger partial charge >= 0.3 is 0 Å². The lowest BCUT2D eigenvalue weighted by Gasteiger charge is -2.39. The second kappa shape index (κ2) is 19.1. The summed E-state index contributed by atoms with van der Waals surface area (Å²) < 4.78 is 12.0. The quantitative estimate of drug-likeness (QED) is 0.175. The Morgan fingerprint density at radius 3 is 2.10 bits per heavy atom. The number of hydroxylamine groups is 2. The number of rotatable bonds is 19. The molecular weight excluding hydrogens is 508 g/mol. The predicted octanol–water partition coefficient (Wildman–Crippen LogP) is 5.52. The van der Waals surface area contributed by atoms with Crippen LogP contribution in [0.3, 0.4) is 0 Å². The van der Waals surface area contributed by atoms with Gasteiger partial charge in [0.05, 0.1) is 0 Å². The van der Waals surface area contributed by atoms with Crippen LogP contribution in [-0.2, 0) is 14.3 Å². The Bertz CT molecular complexity index is 647. The average molecular weight is 571 g/mol. The summed E-state index contributed by atoms with van der Waals surface area (Å²) in [5.41, 5.74) is 0. The number of unbranched alkanes of at least 4 members (excludes halogenated alkanes) is 9. The fraction of sp³-hybridized carbons (Fsp3) is 1.00. The van der Waals surface area contributed by atoms with Crippen molar-refractivity contribution in [2.24, 2.45) is 0 Å². The zero-order valence-electron chi connectivity index (χ0n) is 25.8. The molecule has 3 saturated heterocycles. The molecule has 0 aliphatic carbocycles. The van der Waals surface area contributed by atoms with Crippen LogP contribution in [-0.4, -0.2) is 94.5 Å². The Morgan fingerprint density at radius 2 is 1.45 bits per heavy atom. The van der Waals surface area contributed by atoms with E-state index in [4.69, 9.17) is 14.3 Å². The van der Waals surface area contributed by atoms with Crippen LogP contribution >= 0.6 is 0 Å². The molecule has 0 aromatic rings. The second-order valence-corrected chi connectivity index (χ2v) is 12.6. The maximum Gasteiger partial charge on any atom is 0.219 e. The molecule has 3 fully saturated rings. The van der Waals surface area contributed by atoms with E-state index in [-0.39, 0.29) is 12.6 Å². The predicted molar refractivity (Wildman–Crippen MR) is 159 cm³/mol. The number of ether oxygens (including phenoxy) is 2. The third kappa shape index (κ3) is 10.7.